The van der Waals surface area contributed by atoms with Crippen LogP contribution in [0.5, 0.6) is 5.75 Å². The fourth-order valence-corrected chi connectivity index (χ4v) is 4.17. The first-order chi connectivity index (χ1) is 11.5. The number of methoxy groups -OCH3 is 1. The van der Waals surface area contributed by atoms with Crippen LogP contribution in [0.1, 0.15) is 40.7 Å². The van der Waals surface area contributed by atoms with Gasteiger partial charge >= 0.3 is 0 Å². The van der Waals surface area contributed by atoms with Crippen molar-refractivity contribution < 1.29 is 19.4 Å². The summed E-state index contributed by atoms with van der Waals surface area (Å²) in [6, 6.07) is 3.87. The number of rotatable bonds is 3. The van der Waals surface area contributed by atoms with Gasteiger partial charge in [-0.15, -0.1) is 0 Å². The van der Waals surface area contributed by atoms with E-state index in [9.17, 15) is 9.90 Å². The van der Waals surface area contributed by atoms with E-state index in [0.717, 1.165) is 36.3 Å². The van der Waals surface area contributed by atoms with Gasteiger partial charge in [0, 0.05) is 30.7 Å². The van der Waals surface area contributed by atoms with Crippen LogP contribution in [0.2, 0.25) is 0 Å². The van der Waals surface area contributed by atoms with Crippen LogP contribution in [-0.4, -0.2) is 54.9 Å². The molecule has 2 aliphatic heterocycles. The summed E-state index contributed by atoms with van der Waals surface area (Å²) in [4.78, 5) is 15.0. The van der Waals surface area contributed by atoms with Crippen molar-refractivity contribution in [2.24, 2.45) is 5.92 Å². The molecule has 0 aliphatic carbocycles. The summed E-state index contributed by atoms with van der Waals surface area (Å²) in [6.45, 7) is 5.81. The fraction of sp³-hybridized carbons (Fsp3) is 0.632. The lowest BCUT2D eigenvalue weighted by molar-refractivity contribution is -0.0589. The standard InChI is InChI=1S/C19H27NO4/c1-12-9-14(10-13(2)18(12)23-3)19(22)20-7-4-5-16(20)15-11-24-8-6-17(15)21/h9-10,15-17,21H,4-8,11H2,1-3H3/t15-,16+,17+/m0/s1. The molecule has 2 fully saturated rings. The number of hydrogen-bond donors (Lipinski definition) is 1. The van der Waals surface area contributed by atoms with E-state index in [1.54, 1.807) is 7.11 Å². The zero-order valence-electron chi connectivity index (χ0n) is 14.7. The molecule has 2 aliphatic rings. The molecular weight excluding hydrogens is 306 g/mol. The van der Waals surface area contributed by atoms with Crippen molar-refractivity contribution in [2.45, 2.75) is 45.3 Å². The van der Waals surface area contributed by atoms with Crippen molar-refractivity contribution in [1.82, 2.24) is 4.90 Å². The highest BCUT2D eigenvalue weighted by atomic mass is 16.5. The van der Waals surface area contributed by atoms with E-state index in [4.69, 9.17) is 9.47 Å². The van der Waals surface area contributed by atoms with Gasteiger partial charge in [-0.1, -0.05) is 0 Å². The molecule has 0 bridgehead atoms. The largest absolute Gasteiger partial charge is 0.496 e. The predicted octanol–water partition coefficient (Wildman–Crippen LogP) is 2.31. The van der Waals surface area contributed by atoms with Crippen LogP contribution < -0.4 is 4.74 Å². The Balaban J connectivity index is 1.83. The van der Waals surface area contributed by atoms with Crippen LogP contribution in [0.25, 0.3) is 0 Å². The van der Waals surface area contributed by atoms with E-state index in [1.165, 1.54) is 0 Å². The summed E-state index contributed by atoms with van der Waals surface area (Å²) in [5.74, 6) is 0.899. The lowest BCUT2D eigenvalue weighted by atomic mass is 9.89. The van der Waals surface area contributed by atoms with Gasteiger partial charge in [0.2, 0.25) is 0 Å². The van der Waals surface area contributed by atoms with Gasteiger partial charge in [-0.3, -0.25) is 4.79 Å². The Bertz CT molecular complexity index is 592. The molecule has 0 aromatic heterocycles. The van der Waals surface area contributed by atoms with Gasteiger partial charge in [0.25, 0.3) is 5.91 Å². The zero-order chi connectivity index (χ0) is 17.3. The number of aryl methyl sites for hydroxylation is 2. The normalized spacial score (nSPS) is 27.3. The van der Waals surface area contributed by atoms with Crippen molar-refractivity contribution in [3.05, 3.63) is 28.8 Å². The van der Waals surface area contributed by atoms with Crippen molar-refractivity contribution in [1.29, 1.82) is 0 Å². The summed E-state index contributed by atoms with van der Waals surface area (Å²) in [6.07, 6.45) is 2.19. The molecule has 1 aromatic carbocycles. The maximum Gasteiger partial charge on any atom is 0.254 e. The van der Waals surface area contributed by atoms with Crippen molar-refractivity contribution in [3.63, 3.8) is 0 Å². The van der Waals surface area contributed by atoms with Gasteiger partial charge in [-0.25, -0.2) is 0 Å². The molecule has 0 unspecified atom stereocenters. The number of likely N-dealkylation sites (tertiary alicyclic amines) is 1. The number of carbonyl (C=O) groups excluding carboxylic acids is 1. The van der Waals surface area contributed by atoms with Gasteiger partial charge in [-0.05, 0) is 56.4 Å². The van der Waals surface area contributed by atoms with Gasteiger partial charge in [0.1, 0.15) is 5.75 Å². The minimum atomic E-state index is -0.378. The first-order valence-corrected chi connectivity index (χ1v) is 8.75. The summed E-state index contributed by atoms with van der Waals surface area (Å²) in [5, 5.41) is 10.3. The fourth-order valence-electron chi connectivity index (χ4n) is 4.17. The highest BCUT2D eigenvalue weighted by molar-refractivity contribution is 5.95. The quantitative estimate of drug-likeness (QED) is 0.922. The van der Waals surface area contributed by atoms with Crippen LogP contribution in [0.15, 0.2) is 12.1 Å². The van der Waals surface area contributed by atoms with Gasteiger partial charge < -0.3 is 19.5 Å². The van der Waals surface area contributed by atoms with Crippen LogP contribution in [0.3, 0.4) is 0 Å². The highest BCUT2D eigenvalue weighted by Gasteiger charge is 2.39. The van der Waals surface area contributed by atoms with Crippen LogP contribution >= 0.6 is 0 Å². The Morgan fingerprint density at radius 2 is 2.00 bits per heavy atom. The Morgan fingerprint density at radius 3 is 2.62 bits per heavy atom. The second-order valence-corrected chi connectivity index (χ2v) is 6.95. The first-order valence-electron chi connectivity index (χ1n) is 8.75. The molecule has 3 atom stereocenters. The predicted molar refractivity (Wildman–Crippen MR) is 91.5 cm³/mol. The van der Waals surface area contributed by atoms with Crippen LogP contribution in [-0.2, 0) is 4.74 Å². The third-order valence-corrected chi connectivity index (χ3v) is 5.33. The average molecular weight is 333 g/mol. The number of benzene rings is 1. The summed E-state index contributed by atoms with van der Waals surface area (Å²) in [7, 11) is 1.65. The van der Waals surface area contributed by atoms with E-state index in [0.29, 0.717) is 25.2 Å². The molecular formula is C19H27NO4. The van der Waals surface area contributed by atoms with Gasteiger partial charge in [0.05, 0.1) is 19.8 Å². The SMILES string of the molecule is COc1c(C)cc(C(=O)N2CCC[C@@H]2[C@@H]2COCC[C@H]2O)cc1C. The van der Waals surface area contributed by atoms with E-state index >= 15 is 0 Å². The Morgan fingerprint density at radius 1 is 1.29 bits per heavy atom. The van der Waals surface area contributed by atoms with Crippen molar-refractivity contribution in [2.75, 3.05) is 26.9 Å². The van der Waals surface area contributed by atoms with Gasteiger partial charge in [-0.2, -0.15) is 0 Å². The topological polar surface area (TPSA) is 59.0 Å². The second kappa shape index (κ2) is 7.11. The van der Waals surface area contributed by atoms with Crippen molar-refractivity contribution in [3.8, 4) is 5.75 Å². The van der Waals surface area contributed by atoms with E-state index in [1.807, 2.05) is 30.9 Å². The Kier molecular flexibility index (Phi) is 5.11. The first kappa shape index (κ1) is 17.2. The smallest absolute Gasteiger partial charge is 0.254 e. The number of aliphatic hydroxyl groups is 1. The number of ether oxygens (including phenoxy) is 2. The maximum atomic E-state index is 13.1. The molecule has 5 nitrogen and oxygen atoms in total. The van der Waals surface area contributed by atoms with E-state index in [-0.39, 0.29) is 24.0 Å². The summed E-state index contributed by atoms with van der Waals surface area (Å²) >= 11 is 0. The second-order valence-electron chi connectivity index (χ2n) is 6.95. The van der Waals surface area contributed by atoms with E-state index < -0.39 is 0 Å². The molecule has 1 aromatic rings. The third-order valence-electron chi connectivity index (χ3n) is 5.33. The molecule has 132 valence electrons. The third kappa shape index (κ3) is 3.15. The summed E-state index contributed by atoms with van der Waals surface area (Å²) < 4.78 is 10.9. The number of carbonyl (C=O) groups is 1. The molecule has 0 spiro atoms. The molecule has 1 amide bonds. The molecule has 1 N–H and O–H groups in total. The molecule has 5 heteroatoms. The summed E-state index contributed by atoms with van der Waals surface area (Å²) in [5.41, 5.74) is 2.64. The molecule has 2 saturated heterocycles. The Hall–Kier alpha value is -1.59. The minimum Gasteiger partial charge on any atom is -0.496 e. The van der Waals surface area contributed by atoms with Crippen LogP contribution in [0.4, 0.5) is 0 Å². The van der Waals surface area contributed by atoms with Gasteiger partial charge in [0.15, 0.2) is 0 Å². The Labute approximate surface area is 143 Å². The van der Waals surface area contributed by atoms with E-state index in [2.05, 4.69) is 0 Å². The van der Waals surface area contributed by atoms with Crippen molar-refractivity contribution >= 4 is 5.91 Å². The number of amides is 1. The average Bonchev–Trinajstić information content (AvgIpc) is 3.03. The maximum absolute atomic E-state index is 13.1. The molecule has 2 heterocycles. The monoisotopic (exact) mass is 333 g/mol. The number of hydrogen-bond acceptors (Lipinski definition) is 4. The minimum absolute atomic E-state index is 0.0191. The molecule has 24 heavy (non-hydrogen) atoms. The highest BCUT2D eigenvalue weighted by Crippen LogP contribution is 2.32. The lowest BCUT2D eigenvalue weighted by Gasteiger charge is -2.37. The molecule has 3 rings (SSSR count). The number of nitrogens with zero attached hydrogens (tertiary/aromatic N) is 1. The molecule has 0 radical (unpaired) electrons. The lowest BCUT2D eigenvalue weighted by Crippen LogP contribution is -2.48. The molecule has 0 saturated carbocycles. The number of aliphatic hydroxyl groups excluding tert-OH is 1. The zero-order valence-corrected chi connectivity index (χ0v) is 14.7. The van der Waals surface area contributed by atoms with Crippen LogP contribution in [0, 0.1) is 19.8 Å².